The van der Waals surface area contributed by atoms with Gasteiger partial charge in [-0.2, -0.15) is 4.39 Å². The van der Waals surface area contributed by atoms with E-state index in [1.165, 1.54) is 0 Å². The molecule has 0 aliphatic heterocycles. The van der Waals surface area contributed by atoms with Crippen LogP contribution in [-0.4, -0.2) is 84.6 Å². The van der Waals surface area contributed by atoms with E-state index in [1.54, 1.807) is 5.09 Å². The van der Waals surface area contributed by atoms with E-state index in [9.17, 15) is 52.8 Å². The second-order valence-corrected chi connectivity index (χ2v) is 9.35. The summed E-state index contributed by atoms with van der Waals surface area (Å²) in [5, 5.41) is 39.9. The van der Waals surface area contributed by atoms with Gasteiger partial charge in [-0.25, -0.2) is 19.4 Å². The van der Waals surface area contributed by atoms with E-state index in [4.69, 9.17) is 10.2 Å². The third-order valence-electron chi connectivity index (χ3n) is 4.86. The Hall–Kier alpha value is -3.79. The highest BCUT2D eigenvalue weighted by Crippen LogP contribution is 2.38. The minimum Gasteiger partial charge on any atom is -0.481 e. The summed E-state index contributed by atoms with van der Waals surface area (Å²) in [6.07, 6.45) is -1.88. The number of hydrogen-bond acceptors (Lipinski definition) is 9. The Kier molecular flexibility index (Phi) is 12.6. The summed E-state index contributed by atoms with van der Waals surface area (Å²) in [6.45, 7) is -1.12. The number of ketones is 1. The van der Waals surface area contributed by atoms with Crippen LogP contribution in [0.4, 0.5) is 4.39 Å². The molecule has 18 heteroatoms. The average Bonchev–Trinajstić information content (AvgIpc) is 2.81. The number of carbonyl (C=O) groups is 6. The van der Waals surface area contributed by atoms with Gasteiger partial charge in [0.25, 0.3) is 0 Å². The fourth-order valence-corrected chi connectivity index (χ4v) is 3.92. The van der Waals surface area contributed by atoms with Crippen LogP contribution >= 0.6 is 7.75 Å². The number of Topliss-reactive ketones (excluding diaryl/α,β-unsaturated/α-hetero) is 1. The molecule has 210 valence electrons. The number of nitrogens with zero attached hydrogens (tertiary/aromatic N) is 1. The van der Waals surface area contributed by atoms with Crippen LogP contribution in [-0.2, 0) is 33.1 Å². The number of pyridine rings is 1. The number of amides is 1. The molecule has 1 rings (SSSR count). The lowest BCUT2D eigenvalue weighted by Gasteiger charge is -2.21. The maximum atomic E-state index is 12.9. The molecule has 1 aromatic rings. The number of carboxylic acids is 4. The van der Waals surface area contributed by atoms with Crippen molar-refractivity contribution in [2.24, 2.45) is 5.92 Å². The van der Waals surface area contributed by atoms with E-state index >= 15 is 0 Å². The molecule has 7 N–H and O–H groups in total. The van der Waals surface area contributed by atoms with Gasteiger partial charge in [0, 0.05) is 31.0 Å². The molecule has 4 atom stereocenters. The number of aromatic nitrogens is 1. The van der Waals surface area contributed by atoms with Crippen molar-refractivity contribution < 1.29 is 67.6 Å². The fourth-order valence-electron chi connectivity index (χ4n) is 2.86. The zero-order valence-electron chi connectivity index (χ0n) is 19.5. The van der Waals surface area contributed by atoms with Gasteiger partial charge < -0.3 is 30.6 Å². The number of nitrogens with one attached hydrogen (secondary N) is 2. The molecule has 1 amide bonds. The number of aliphatic carboxylic acids is 4. The van der Waals surface area contributed by atoms with Crippen LogP contribution in [0.1, 0.15) is 42.5 Å². The molecule has 0 aliphatic carbocycles. The highest BCUT2D eigenvalue weighted by atomic mass is 31.2. The van der Waals surface area contributed by atoms with Gasteiger partial charge in [0.05, 0.1) is 12.5 Å². The molecular weight excluding hydrogens is 540 g/mol. The van der Waals surface area contributed by atoms with E-state index in [0.29, 0.717) is 0 Å². The Morgan fingerprint density at radius 3 is 2.08 bits per heavy atom. The lowest BCUT2D eigenvalue weighted by Crippen LogP contribution is -2.44. The van der Waals surface area contributed by atoms with Crippen molar-refractivity contribution in [3.63, 3.8) is 0 Å². The second-order valence-electron chi connectivity index (χ2n) is 7.80. The molecule has 0 fully saturated rings. The third-order valence-corrected chi connectivity index (χ3v) is 6.00. The quantitative estimate of drug-likeness (QED) is 0.0694. The van der Waals surface area contributed by atoms with Crippen LogP contribution in [0.5, 0.6) is 0 Å². The normalized spacial score (nSPS) is 14.9. The van der Waals surface area contributed by atoms with Crippen molar-refractivity contribution in [3.8, 4) is 0 Å². The van der Waals surface area contributed by atoms with Gasteiger partial charge in [-0.1, -0.05) is 0 Å². The Labute approximate surface area is 213 Å². The smallest absolute Gasteiger partial charge is 0.403 e. The van der Waals surface area contributed by atoms with Gasteiger partial charge in [0.1, 0.15) is 6.04 Å². The molecule has 4 unspecified atom stereocenters. The average molecular weight is 565 g/mol. The summed E-state index contributed by atoms with van der Waals surface area (Å²) in [4.78, 5) is 82.1. The number of rotatable bonds is 18. The zero-order valence-corrected chi connectivity index (χ0v) is 20.4. The molecule has 0 bridgehead atoms. The molecule has 1 heterocycles. The first-order valence-corrected chi connectivity index (χ1v) is 12.3. The van der Waals surface area contributed by atoms with E-state index in [2.05, 4.69) is 9.51 Å². The number of carbonyl (C=O) groups excluding carboxylic acids is 2. The molecule has 0 aromatic carbocycles. The molecule has 0 radical (unpaired) electrons. The third kappa shape index (κ3) is 12.0. The molecule has 0 aliphatic rings. The Bertz CT molecular complexity index is 1100. The second kappa shape index (κ2) is 14.8. The largest absolute Gasteiger partial charge is 0.481 e. The molecule has 0 saturated carbocycles. The van der Waals surface area contributed by atoms with Crippen molar-refractivity contribution >= 4 is 43.3 Å². The van der Waals surface area contributed by atoms with Crippen LogP contribution in [0.3, 0.4) is 0 Å². The summed E-state index contributed by atoms with van der Waals surface area (Å²) >= 11 is 0. The molecule has 16 nitrogen and oxygen atoms in total. The maximum absolute atomic E-state index is 12.9. The molecular formula is C20H25FN3O13P. The van der Waals surface area contributed by atoms with Gasteiger partial charge in [0.15, 0.2) is 11.8 Å². The van der Waals surface area contributed by atoms with Gasteiger partial charge in [-0.15, -0.1) is 0 Å². The van der Waals surface area contributed by atoms with Gasteiger partial charge in [-0.05, 0) is 25.0 Å². The topological polar surface area (TPSA) is 267 Å². The Balaban J connectivity index is 2.69. The van der Waals surface area contributed by atoms with Crippen molar-refractivity contribution in [2.75, 3.05) is 6.61 Å². The van der Waals surface area contributed by atoms with Crippen LogP contribution in [0, 0.1) is 11.9 Å². The highest BCUT2D eigenvalue weighted by Gasteiger charge is 2.32. The Morgan fingerprint density at radius 2 is 1.58 bits per heavy atom. The fraction of sp³-hybridized carbons (Fsp3) is 0.450. The SMILES string of the molecule is O=C(O)CCC(NP(=O)(O)OCC(NC(=O)CCC(CC(=O)c1ccc(F)nc1)C(=O)O)C(=O)O)C(=O)O. The summed E-state index contributed by atoms with van der Waals surface area (Å²) in [7, 11) is -4.97. The van der Waals surface area contributed by atoms with Gasteiger partial charge >= 0.3 is 31.6 Å². The number of carboxylic acid groups (broad SMARTS) is 4. The lowest BCUT2D eigenvalue weighted by atomic mass is 9.94. The number of hydrogen-bond donors (Lipinski definition) is 7. The Morgan fingerprint density at radius 1 is 0.947 bits per heavy atom. The van der Waals surface area contributed by atoms with Crippen LogP contribution in [0.2, 0.25) is 0 Å². The predicted molar refractivity (Wildman–Crippen MR) is 120 cm³/mol. The monoisotopic (exact) mass is 565 g/mol. The van der Waals surface area contributed by atoms with Crippen molar-refractivity contribution in [1.29, 1.82) is 0 Å². The summed E-state index contributed by atoms with van der Waals surface area (Å²) in [5.74, 6) is -10.1. The van der Waals surface area contributed by atoms with Crippen LogP contribution in [0.25, 0.3) is 0 Å². The van der Waals surface area contributed by atoms with Gasteiger partial charge in [0.2, 0.25) is 11.9 Å². The van der Waals surface area contributed by atoms with Crippen LogP contribution < -0.4 is 10.4 Å². The van der Waals surface area contributed by atoms with Crippen molar-refractivity contribution in [2.45, 2.75) is 44.2 Å². The maximum Gasteiger partial charge on any atom is 0.403 e. The molecule has 1 aromatic heterocycles. The minimum atomic E-state index is -4.97. The molecule has 0 saturated heterocycles. The summed E-state index contributed by atoms with van der Waals surface area (Å²) < 4.78 is 29.5. The molecule has 0 spiro atoms. The van der Waals surface area contributed by atoms with E-state index in [0.717, 1.165) is 18.3 Å². The van der Waals surface area contributed by atoms with Crippen molar-refractivity contribution in [1.82, 2.24) is 15.4 Å². The van der Waals surface area contributed by atoms with Crippen molar-refractivity contribution in [3.05, 3.63) is 29.8 Å². The van der Waals surface area contributed by atoms with E-state index in [-0.39, 0.29) is 5.56 Å². The van der Waals surface area contributed by atoms with E-state index < -0.39 is 106 Å². The predicted octanol–water partition coefficient (Wildman–Crippen LogP) is -0.132. The first-order valence-electron chi connectivity index (χ1n) is 10.7. The summed E-state index contributed by atoms with van der Waals surface area (Å²) in [5.41, 5.74) is -0.0552. The van der Waals surface area contributed by atoms with E-state index in [1.807, 2.05) is 5.32 Å². The molecule has 38 heavy (non-hydrogen) atoms. The number of halogens is 1. The zero-order chi connectivity index (χ0) is 29.0. The first kappa shape index (κ1) is 32.2. The summed E-state index contributed by atoms with van der Waals surface area (Å²) in [6, 6.07) is -1.72. The van der Waals surface area contributed by atoms with Crippen LogP contribution in [0.15, 0.2) is 18.3 Å². The minimum absolute atomic E-state index is 0.0552. The highest BCUT2D eigenvalue weighted by molar-refractivity contribution is 7.50. The first-order chi connectivity index (χ1) is 17.6. The lowest BCUT2D eigenvalue weighted by molar-refractivity contribution is -0.144. The van der Waals surface area contributed by atoms with Gasteiger partial charge in [-0.3, -0.25) is 28.5 Å². The standard InChI is InChI=1S/C20H25FN3O13P/c21-15-4-1-11(8-22-15)14(25)7-10(18(29)30)2-5-16(26)23-13(20(33)34)9-37-38(35,36)24-12(19(31)32)3-6-17(27)28/h1,4,8,10,12-13H,2-3,5-7,9H2,(H,23,26)(H,27,28)(H,29,30)(H,31,32)(H,33,34)(H2,24,35,36).